The summed E-state index contributed by atoms with van der Waals surface area (Å²) >= 11 is 1.58. The topological polar surface area (TPSA) is 55.6 Å². The number of carbonyl (C=O) groups is 1. The van der Waals surface area contributed by atoms with E-state index in [1.807, 2.05) is 22.4 Å². The smallest absolute Gasteiger partial charge is 0.236 e. The molecule has 122 valence electrons. The van der Waals surface area contributed by atoms with Crippen molar-refractivity contribution in [2.24, 2.45) is 0 Å². The highest BCUT2D eigenvalue weighted by Gasteiger charge is 2.36. The molecule has 0 spiro atoms. The molecule has 6 heteroatoms. The monoisotopic (exact) mass is 332 g/mol. The van der Waals surface area contributed by atoms with Crippen LogP contribution in [-0.4, -0.2) is 41.1 Å². The van der Waals surface area contributed by atoms with Crippen LogP contribution in [0.25, 0.3) is 10.8 Å². The molecular formula is C17H20N2O3S. The van der Waals surface area contributed by atoms with Crippen LogP contribution in [0.15, 0.2) is 28.2 Å². The lowest BCUT2D eigenvalue weighted by molar-refractivity contribution is -0.134. The second kappa shape index (κ2) is 6.45. The first-order valence-electron chi connectivity index (χ1n) is 8.20. The zero-order chi connectivity index (χ0) is 15.6. The summed E-state index contributed by atoms with van der Waals surface area (Å²) in [7, 11) is 0. The summed E-state index contributed by atoms with van der Waals surface area (Å²) in [5.41, 5.74) is 0.707. The first kappa shape index (κ1) is 14.9. The Morgan fingerprint density at radius 3 is 3.22 bits per heavy atom. The molecule has 1 saturated carbocycles. The number of rotatable bonds is 3. The van der Waals surface area contributed by atoms with Crippen LogP contribution >= 0.6 is 11.3 Å². The third kappa shape index (κ3) is 3.05. The molecular weight excluding hydrogens is 312 g/mol. The molecule has 0 N–H and O–H groups in total. The summed E-state index contributed by atoms with van der Waals surface area (Å²) in [6.45, 7) is 1.55. The number of fused-ring (bicyclic) bond motifs is 1. The summed E-state index contributed by atoms with van der Waals surface area (Å²) in [5, 5.41) is 1.99. The van der Waals surface area contributed by atoms with Crippen molar-refractivity contribution in [1.29, 1.82) is 0 Å². The lowest BCUT2D eigenvalue weighted by atomic mass is 10.1. The Kier molecular flexibility index (Phi) is 4.18. The van der Waals surface area contributed by atoms with Gasteiger partial charge < -0.3 is 14.1 Å². The number of carbonyl (C=O) groups excluding carboxylic acids is 1. The molecule has 0 aromatic carbocycles. The van der Waals surface area contributed by atoms with Crippen molar-refractivity contribution in [3.05, 3.63) is 29.5 Å². The predicted molar refractivity (Wildman–Crippen MR) is 87.2 cm³/mol. The van der Waals surface area contributed by atoms with E-state index in [0.29, 0.717) is 18.0 Å². The maximum absolute atomic E-state index is 12.7. The minimum absolute atomic E-state index is 0.137. The molecule has 2 aliphatic rings. The summed E-state index contributed by atoms with van der Waals surface area (Å²) in [6, 6.07) is 4.18. The molecule has 0 radical (unpaired) electrons. The Bertz CT molecular complexity index is 667. The molecule has 2 atom stereocenters. The van der Waals surface area contributed by atoms with Gasteiger partial charge in [0.2, 0.25) is 11.8 Å². The Hall–Kier alpha value is -1.66. The summed E-state index contributed by atoms with van der Waals surface area (Å²) in [5.74, 6) is 0.735. The van der Waals surface area contributed by atoms with Crippen molar-refractivity contribution >= 4 is 17.2 Å². The first-order chi connectivity index (χ1) is 11.3. The number of hydrogen-bond acceptors (Lipinski definition) is 5. The second-order valence-corrected chi connectivity index (χ2v) is 7.09. The van der Waals surface area contributed by atoms with Crippen molar-refractivity contribution in [2.75, 3.05) is 13.2 Å². The van der Waals surface area contributed by atoms with Crippen molar-refractivity contribution in [3.8, 4) is 10.8 Å². The highest BCUT2D eigenvalue weighted by molar-refractivity contribution is 7.13. The molecule has 3 heterocycles. The molecule has 0 unspecified atom stereocenters. The highest BCUT2D eigenvalue weighted by Crippen LogP contribution is 2.30. The molecule has 2 aromatic heterocycles. The lowest BCUT2D eigenvalue weighted by Gasteiger charge is -2.29. The molecule has 5 nitrogen and oxygen atoms in total. The van der Waals surface area contributed by atoms with Crippen LogP contribution in [0, 0.1) is 0 Å². The van der Waals surface area contributed by atoms with Crippen LogP contribution in [0.2, 0.25) is 0 Å². The van der Waals surface area contributed by atoms with E-state index in [-0.39, 0.29) is 18.1 Å². The zero-order valence-corrected chi connectivity index (χ0v) is 13.8. The zero-order valence-electron chi connectivity index (χ0n) is 12.9. The Morgan fingerprint density at radius 2 is 2.35 bits per heavy atom. The third-order valence-corrected chi connectivity index (χ3v) is 5.49. The molecule has 4 rings (SSSR count). The number of thiophene rings is 1. The standard InChI is InChI=1S/C17H20N2O3S/c20-16(19-7-3-8-21-14-5-1-4-13(14)19)10-12-11-22-17(18-12)15-6-2-9-23-15/h2,6,9,11,13-14H,1,3-5,7-8,10H2/t13-,14+/m0/s1. The van der Waals surface area contributed by atoms with E-state index in [1.54, 1.807) is 17.6 Å². The van der Waals surface area contributed by atoms with Crippen molar-refractivity contribution in [2.45, 2.75) is 44.2 Å². The van der Waals surface area contributed by atoms with Gasteiger partial charge in [-0.25, -0.2) is 4.98 Å². The Balaban J connectivity index is 1.46. The van der Waals surface area contributed by atoms with Gasteiger partial charge in [-0.2, -0.15) is 0 Å². The minimum atomic E-state index is 0.137. The van der Waals surface area contributed by atoms with E-state index in [4.69, 9.17) is 9.15 Å². The van der Waals surface area contributed by atoms with Gasteiger partial charge in [0.15, 0.2) is 0 Å². The van der Waals surface area contributed by atoms with Gasteiger partial charge in [0.1, 0.15) is 6.26 Å². The molecule has 2 aromatic rings. The van der Waals surface area contributed by atoms with Crippen molar-refractivity contribution < 1.29 is 13.9 Å². The van der Waals surface area contributed by atoms with E-state index < -0.39 is 0 Å². The molecule has 2 fully saturated rings. The van der Waals surface area contributed by atoms with Crippen LogP contribution in [-0.2, 0) is 16.0 Å². The second-order valence-electron chi connectivity index (χ2n) is 6.15. The van der Waals surface area contributed by atoms with Gasteiger partial charge in [-0.1, -0.05) is 6.07 Å². The van der Waals surface area contributed by atoms with Crippen LogP contribution in [0.1, 0.15) is 31.4 Å². The SMILES string of the molecule is O=C(Cc1coc(-c2cccs2)n1)N1CCCO[C@@H]2CCC[C@@H]21. The molecule has 23 heavy (non-hydrogen) atoms. The maximum Gasteiger partial charge on any atom is 0.236 e. The average Bonchev–Trinajstić information content (AvgIpc) is 3.27. The fraction of sp³-hybridized carbons (Fsp3) is 0.529. The Morgan fingerprint density at radius 1 is 1.39 bits per heavy atom. The average molecular weight is 332 g/mol. The van der Waals surface area contributed by atoms with Crippen LogP contribution in [0.3, 0.4) is 0 Å². The quantitative estimate of drug-likeness (QED) is 0.866. The fourth-order valence-corrected chi connectivity index (χ4v) is 4.22. The Labute approximate surface area is 139 Å². The summed E-state index contributed by atoms with van der Waals surface area (Å²) in [4.78, 5) is 20.2. The highest BCUT2D eigenvalue weighted by atomic mass is 32.1. The lowest BCUT2D eigenvalue weighted by Crippen LogP contribution is -2.44. The molecule has 1 saturated heterocycles. The maximum atomic E-state index is 12.7. The van der Waals surface area contributed by atoms with E-state index in [9.17, 15) is 4.79 Å². The summed E-state index contributed by atoms with van der Waals surface area (Å²) in [6.07, 6.45) is 6.31. The number of hydrogen-bond donors (Lipinski definition) is 0. The fourth-order valence-electron chi connectivity index (χ4n) is 3.56. The van der Waals surface area contributed by atoms with E-state index in [2.05, 4.69) is 4.98 Å². The van der Waals surface area contributed by atoms with Gasteiger partial charge >= 0.3 is 0 Å². The number of aromatic nitrogens is 1. The van der Waals surface area contributed by atoms with Crippen molar-refractivity contribution in [3.63, 3.8) is 0 Å². The van der Waals surface area contributed by atoms with Crippen LogP contribution in [0.4, 0.5) is 0 Å². The number of amides is 1. The summed E-state index contributed by atoms with van der Waals surface area (Å²) < 4.78 is 11.4. The van der Waals surface area contributed by atoms with Crippen molar-refractivity contribution in [1.82, 2.24) is 9.88 Å². The number of ether oxygens (including phenoxy) is 1. The number of nitrogens with zero attached hydrogens (tertiary/aromatic N) is 2. The first-order valence-corrected chi connectivity index (χ1v) is 9.08. The van der Waals surface area contributed by atoms with E-state index in [1.165, 1.54) is 0 Å². The molecule has 1 amide bonds. The van der Waals surface area contributed by atoms with E-state index in [0.717, 1.165) is 43.7 Å². The largest absolute Gasteiger partial charge is 0.444 e. The van der Waals surface area contributed by atoms with Gasteiger partial charge in [-0.05, 0) is 37.1 Å². The van der Waals surface area contributed by atoms with Crippen LogP contribution < -0.4 is 0 Å². The van der Waals surface area contributed by atoms with Gasteiger partial charge in [0.05, 0.1) is 29.1 Å². The van der Waals surface area contributed by atoms with Gasteiger partial charge in [0, 0.05) is 13.2 Å². The molecule has 1 aliphatic carbocycles. The predicted octanol–water partition coefficient (Wildman–Crippen LogP) is 3.12. The minimum Gasteiger partial charge on any atom is -0.444 e. The van der Waals surface area contributed by atoms with Gasteiger partial charge in [0.25, 0.3) is 0 Å². The molecule has 1 aliphatic heterocycles. The third-order valence-electron chi connectivity index (χ3n) is 4.63. The number of oxazole rings is 1. The van der Waals surface area contributed by atoms with Crippen LogP contribution in [0.5, 0.6) is 0 Å². The normalized spacial score (nSPS) is 24.4. The van der Waals surface area contributed by atoms with Gasteiger partial charge in [-0.15, -0.1) is 11.3 Å². The molecule has 0 bridgehead atoms. The van der Waals surface area contributed by atoms with Gasteiger partial charge in [-0.3, -0.25) is 4.79 Å². The van der Waals surface area contributed by atoms with E-state index >= 15 is 0 Å².